The van der Waals surface area contributed by atoms with Crippen LogP contribution in [0, 0.1) is 0 Å². The average Bonchev–Trinajstić information content (AvgIpc) is 3.35. The summed E-state index contributed by atoms with van der Waals surface area (Å²) in [6.07, 6.45) is 6.05. The number of aromatic nitrogens is 2. The molecule has 0 aliphatic heterocycles. The van der Waals surface area contributed by atoms with E-state index in [1.54, 1.807) is 29.3 Å². The maximum Gasteiger partial charge on any atom is 0.239 e. The van der Waals surface area contributed by atoms with Gasteiger partial charge in [-0.15, -0.1) is 0 Å². The van der Waals surface area contributed by atoms with Gasteiger partial charge in [0.2, 0.25) is 11.8 Å². The Labute approximate surface area is 151 Å². The van der Waals surface area contributed by atoms with E-state index < -0.39 is 0 Å². The molecule has 2 amide bonds. The highest BCUT2D eigenvalue weighted by Gasteiger charge is 2.08. The van der Waals surface area contributed by atoms with Crippen molar-refractivity contribution in [1.29, 1.82) is 0 Å². The molecule has 0 saturated carbocycles. The summed E-state index contributed by atoms with van der Waals surface area (Å²) < 4.78 is 6.89. The van der Waals surface area contributed by atoms with Crippen LogP contribution in [-0.4, -0.2) is 28.1 Å². The molecule has 2 N–H and O–H groups in total. The molecule has 0 atom stereocenters. The normalized spacial score (nSPS) is 10.5. The largest absolute Gasteiger partial charge is 0.467 e. The Morgan fingerprint density at radius 2 is 1.88 bits per heavy atom. The van der Waals surface area contributed by atoms with E-state index >= 15 is 0 Å². The first kappa shape index (κ1) is 17.5. The first-order valence-corrected chi connectivity index (χ1v) is 8.35. The van der Waals surface area contributed by atoms with Crippen LogP contribution in [0.25, 0.3) is 5.69 Å². The first-order valence-electron chi connectivity index (χ1n) is 8.35. The molecule has 26 heavy (non-hydrogen) atoms. The van der Waals surface area contributed by atoms with Crippen LogP contribution in [0.3, 0.4) is 0 Å². The molecule has 0 fully saturated rings. The second-order valence-corrected chi connectivity index (χ2v) is 5.76. The highest BCUT2D eigenvalue weighted by molar-refractivity contribution is 5.84. The molecule has 0 aliphatic rings. The van der Waals surface area contributed by atoms with Crippen LogP contribution < -0.4 is 10.6 Å². The van der Waals surface area contributed by atoms with Gasteiger partial charge >= 0.3 is 0 Å². The third-order valence-corrected chi connectivity index (χ3v) is 3.78. The minimum absolute atomic E-state index is 0.0528. The first-order chi connectivity index (χ1) is 12.7. The van der Waals surface area contributed by atoms with Crippen LogP contribution in [0.4, 0.5) is 0 Å². The van der Waals surface area contributed by atoms with Gasteiger partial charge in [-0.25, -0.2) is 4.68 Å². The van der Waals surface area contributed by atoms with Crippen molar-refractivity contribution < 1.29 is 14.0 Å². The topological polar surface area (TPSA) is 89.2 Å². The van der Waals surface area contributed by atoms with Crippen molar-refractivity contribution in [2.24, 2.45) is 0 Å². The molecule has 2 aromatic heterocycles. The molecule has 1 aromatic carbocycles. The van der Waals surface area contributed by atoms with Gasteiger partial charge in [0, 0.05) is 12.6 Å². The molecule has 0 radical (unpaired) electrons. The fraction of sp³-hybridized carbons (Fsp3) is 0.211. The molecule has 0 bridgehead atoms. The average molecular weight is 352 g/mol. The van der Waals surface area contributed by atoms with E-state index in [1.807, 2.05) is 36.5 Å². The zero-order valence-corrected chi connectivity index (χ0v) is 14.2. The van der Waals surface area contributed by atoms with Gasteiger partial charge in [0.05, 0.1) is 31.2 Å². The van der Waals surface area contributed by atoms with Crippen molar-refractivity contribution in [3.05, 3.63) is 72.4 Å². The summed E-state index contributed by atoms with van der Waals surface area (Å²) in [5.74, 6) is 0.234. The number of nitrogens with one attached hydrogen (secondary N) is 2. The number of amides is 2. The van der Waals surface area contributed by atoms with E-state index in [1.165, 1.54) is 0 Å². The smallest absolute Gasteiger partial charge is 0.239 e. The fourth-order valence-corrected chi connectivity index (χ4v) is 2.40. The second kappa shape index (κ2) is 8.66. The summed E-state index contributed by atoms with van der Waals surface area (Å²) in [4.78, 5) is 23.6. The van der Waals surface area contributed by atoms with Crippen LogP contribution in [0.1, 0.15) is 17.7 Å². The van der Waals surface area contributed by atoms with Crippen LogP contribution in [0.5, 0.6) is 0 Å². The molecule has 7 nitrogen and oxygen atoms in total. The zero-order chi connectivity index (χ0) is 18.2. The molecule has 3 rings (SSSR count). The monoisotopic (exact) mass is 352 g/mol. The molecule has 0 aliphatic carbocycles. The second-order valence-electron chi connectivity index (χ2n) is 5.76. The Morgan fingerprint density at radius 3 is 2.65 bits per heavy atom. The van der Waals surface area contributed by atoms with E-state index in [0.717, 1.165) is 11.3 Å². The summed E-state index contributed by atoms with van der Waals surface area (Å²) in [5.41, 5.74) is 1.93. The Bertz CT molecular complexity index is 841. The molecule has 134 valence electrons. The van der Waals surface area contributed by atoms with Crippen molar-refractivity contribution in [2.45, 2.75) is 19.4 Å². The van der Waals surface area contributed by atoms with Gasteiger partial charge in [0.15, 0.2) is 0 Å². The van der Waals surface area contributed by atoms with Crippen LogP contribution in [0.2, 0.25) is 0 Å². The van der Waals surface area contributed by atoms with Gasteiger partial charge in [-0.3, -0.25) is 9.59 Å². The number of aryl methyl sites for hydroxylation is 1. The number of rotatable bonds is 8. The highest BCUT2D eigenvalue weighted by atomic mass is 16.3. The Hall–Kier alpha value is -3.35. The summed E-state index contributed by atoms with van der Waals surface area (Å²) in [6, 6.07) is 13.3. The number of hydrogen-bond donors (Lipinski definition) is 2. The maximum absolute atomic E-state index is 11.9. The van der Waals surface area contributed by atoms with Gasteiger partial charge in [0.25, 0.3) is 0 Å². The molecule has 2 heterocycles. The summed E-state index contributed by atoms with van der Waals surface area (Å²) in [6.45, 7) is 0.253. The lowest BCUT2D eigenvalue weighted by Gasteiger charge is -2.05. The third-order valence-electron chi connectivity index (χ3n) is 3.78. The molecule has 0 spiro atoms. The summed E-state index contributed by atoms with van der Waals surface area (Å²) in [7, 11) is 0. The van der Waals surface area contributed by atoms with Gasteiger partial charge in [-0.2, -0.15) is 5.10 Å². The lowest BCUT2D eigenvalue weighted by Crippen LogP contribution is -2.36. The van der Waals surface area contributed by atoms with Crippen molar-refractivity contribution in [3.63, 3.8) is 0 Å². The number of hydrogen-bond acceptors (Lipinski definition) is 4. The standard InChI is InChI=1S/C19H20N4O3/c24-18(21-13-19(25)20-12-17-7-4-10-26-17)9-8-15-11-22-23(14-15)16-5-2-1-3-6-16/h1-7,10-11,14H,8-9,12-13H2,(H,20,25)(H,21,24). The van der Waals surface area contributed by atoms with Gasteiger partial charge in [-0.1, -0.05) is 18.2 Å². The SMILES string of the molecule is O=C(CCc1cnn(-c2ccccc2)c1)NCC(=O)NCc1ccco1. The number of para-hydroxylation sites is 1. The van der Waals surface area contributed by atoms with Crippen molar-refractivity contribution in [3.8, 4) is 5.69 Å². The van der Waals surface area contributed by atoms with E-state index in [2.05, 4.69) is 15.7 Å². The third kappa shape index (κ3) is 5.07. The Balaban J connectivity index is 1.37. The van der Waals surface area contributed by atoms with Crippen LogP contribution in [0.15, 0.2) is 65.5 Å². The number of nitrogens with zero attached hydrogens (tertiary/aromatic N) is 2. The van der Waals surface area contributed by atoms with Crippen LogP contribution >= 0.6 is 0 Å². The van der Waals surface area contributed by atoms with Gasteiger partial charge in [0.1, 0.15) is 5.76 Å². The molecule has 3 aromatic rings. The molecule has 7 heteroatoms. The van der Waals surface area contributed by atoms with E-state index in [-0.39, 0.29) is 18.4 Å². The highest BCUT2D eigenvalue weighted by Crippen LogP contribution is 2.09. The van der Waals surface area contributed by atoms with Gasteiger partial charge in [-0.05, 0) is 36.2 Å². The molecule has 0 unspecified atom stereocenters. The fourth-order valence-electron chi connectivity index (χ4n) is 2.40. The van der Waals surface area contributed by atoms with Gasteiger partial charge < -0.3 is 15.1 Å². The summed E-state index contributed by atoms with van der Waals surface area (Å²) >= 11 is 0. The predicted molar refractivity (Wildman–Crippen MR) is 95.4 cm³/mol. The van der Waals surface area contributed by atoms with Crippen molar-refractivity contribution >= 4 is 11.8 Å². The van der Waals surface area contributed by atoms with E-state index in [4.69, 9.17) is 4.42 Å². The summed E-state index contributed by atoms with van der Waals surface area (Å²) in [5, 5.41) is 9.59. The zero-order valence-electron chi connectivity index (χ0n) is 14.2. The van der Waals surface area contributed by atoms with Crippen LogP contribution in [-0.2, 0) is 22.6 Å². The quantitative estimate of drug-likeness (QED) is 0.647. The number of benzene rings is 1. The lowest BCUT2D eigenvalue weighted by atomic mass is 10.2. The van der Waals surface area contributed by atoms with Crippen molar-refractivity contribution in [1.82, 2.24) is 20.4 Å². The van der Waals surface area contributed by atoms with E-state index in [9.17, 15) is 9.59 Å². The number of furan rings is 1. The minimum atomic E-state index is -0.258. The Morgan fingerprint density at radius 1 is 1.04 bits per heavy atom. The number of carbonyl (C=O) groups is 2. The lowest BCUT2D eigenvalue weighted by molar-refractivity contribution is -0.126. The molecule has 0 saturated heterocycles. The Kier molecular flexibility index (Phi) is 5.82. The predicted octanol–water partition coefficient (Wildman–Crippen LogP) is 1.83. The molecular formula is C19H20N4O3. The number of carbonyl (C=O) groups excluding carboxylic acids is 2. The van der Waals surface area contributed by atoms with E-state index in [0.29, 0.717) is 25.1 Å². The molecular weight excluding hydrogens is 332 g/mol. The minimum Gasteiger partial charge on any atom is -0.467 e. The maximum atomic E-state index is 11.9. The van der Waals surface area contributed by atoms with Crippen molar-refractivity contribution in [2.75, 3.05) is 6.54 Å².